The summed E-state index contributed by atoms with van der Waals surface area (Å²) in [6, 6.07) is 27.8. The van der Waals surface area contributed by atoms with E-state index in [2.05, 4.69) is 5.32 Å². The van der Waals surface area contributed by atoms with Gasteiger partial charge in [0, 0.05) is 29.0 Å². The minimum Gasteiger partial charge on any atom is -0.509 e. The van der Waals surface area contributed by atoms with Crippen LogP contribution in [0.5, 0.6) is 0 Å². The summed E-state index contributed by atoms with van der Waals surface area (Å²) in [5, 5.41) is 28.8. The number of benzene rings is 4. The van der Waals surface area contributed by atoms with E-state index >= 15 is 0 Å². The van der Waals surface area contributed by atoms with Gasteiger partial charge in [0.2, 0.25) is 0 Å². The van der Waals surface area contributed by atoms with Crippen molar-refractivity contribution in [1.82, 2.24) is 0 Å². The van der Waals surface area contributed by atoms with Crippen LogP contribution in [0.25, 0.3) is 10.8 Å². The lowest BCUT2D eigenvalue weighted by atomic mass is 9.90. The second kappa shape index (κ2) is 9.45. The topological polar surface area (TPSA) is 72.8 Å². The molecule has 0 fully saturated rings. The van der Waals surface area contributed by atoms with Crippen LogP contribution >= 0.6 is 11.6 Å². The molecule has 176 valence electrons. The lowest BCUT2D eigenvalue weighted by Crippen LogP contribution is -2.38. The van der Waals surface area contributed by atoms with Crippen LogP contribution in [-0.2, 0) is 11.2 Å². The summed E-state index contributed by atoms with van der Waals surface area (Å²) in [6.07, 6.45) is -0.856. The van der Waals surface area contributed by atoms with Crippen LogP contribution in [0, 0.1) is 0 Å². The van der Waals surface area contributed by atoms with E-state index in [4.69, 9.17) is 11.6 Å². The number of amides is 1. The van der Waals surface area contributed by atoms with Crippen molar-refractivity contribution >= 4 is 39.7 Å². The number of nitrogens with zero attached hydrogens (tertiary/aromatic N) is 1. The van der Waals surface area contributed by atoms with Crippen molar-refractivity contribution in [3.8, 4) is 0 Å². The Morgan fingerprint density at radius 3 is 2.43 bits per heavy atom. The van der Waals surface area contributed by atoms with E-state index < -0.39 is 18.1 Å². The highest BCUT2D eigenvalue weighted by Crippen LogP contribution is 2.38. The first-order chi connectivity index (χ1) is 16.9. The predicted octanol–water partition coefficient (Wildman–Crippen LogP) is 6.04. The number of likely N-dealkylation sites (N-methyl/N-ethyl adjacent to an activating group) is 1. The summed E-state index contributed by atoms with van der Waals surface area (Å²) in [5.74, 6) is -0.623. The van der Waals surface area contributed by atoms with Crippen LogP contribution in [0.2, 0.25) is 5.02 Å². The zero-order chi connectivity index (χ0) is 24.5. The fourth-order valence-electron chi connectivity index (χ4n) is 4.58. The normalized spacial score (nSPS) is 17.7. The minimum absolute atomic E-state index is 0.0292. The molecule has 1 amide bonds. The molecule has 1 heterocycles. The van der Waals surface area contributed by atoms with Gasteiger partial charge in [-0.2, -0.15) is 0 Å². The number of halogens is 1. The average molecular weight is 485 g/mol. The maximum absolute atomic E-state index is 13.3. The summed E-state index contributed by atoms with van der Waals surface area (Å²) >= 11 is 6.06. The molecule has 0 saturated carbocycles. The van der Waals surface area contributed by atoms with Crippen molar-refractivity contribution in [1.29, 1.82) is 0 Å². The van der Waals surface area contributed by atoms with Gasteiger partial charge in [0.25, 0.3) is 5.91 Å². The molecule has 0 radical (unpaired) electrons. The number of hydrogen-bond acceptors (Lipinski definition) is 4. The third-order valence-corrected chi connectivity index (χ3v) is 6.70. The van der Waals surface area contributed by atoms with Crippen LogP contribution in [0.1, 0.15) is 17.2 Å². The van der Waals surface area contributed by atoms with Gasteiger partial charge >= 0.3 is 0 Å². The van der Waals surface area contributed by atoms with Crippen molar-refractivity contribution in [2.75, 3.05) is 17.3 Å². The minimum atomic E-state index is -1.24. The van der Waals surface area contributed by atoms with E-state index in [1.165, 1.54) is 4.90 Å². The molecular formula is C29H25ClN2O3. The Morgan fingerprint density at radius 2 is 1.66 bits per heavy atom. The van der Waals surface area contributed by atoms with Gasteiger partial charge in [0.1, 0.15) is 11.9 Å². The Bertz CT molecular complexity index is 1430. The molecule has 35 heavy (non-hydrogen) atoms. The first-order valence-corrected chi connectivity index (χ1v) is 11.8. The fraction of sp³-hybridized carbons (Fsp3) is 0.138. The van der Waals surface area contributed by atoms with E-state index in [1.54, 1.807) is 37.4 Å². The second-order valence-corrected chi connectivity index (χ2v) is 9.15. The van der Waals surface area contributed by atoms with Crippen molar-refractivity contribution in [2.45, 2.75) is 18.6 Å². The number of carbonyl (C=O) groups is 1. The van der Waals surface area contributed by atoms with Gasteiger partial charge in [-0.05, 0) is 53.1 Å². The molecule has 2 atom stereocenters. The number of anilines is 2. The van der Waals surface area contributed by atoms with Gasteiger partial charge in [-0.15, -0.1) is 0 Å². The van der Waals surface area contributed by atoms with E-state index in [0.29, 0.717) is 22.7 Å². The molecule has 4 aromatic rings. The number of nitrogens with one attached hydrogen (secondary N) is 1. The zero-order valence-corrected chi connectivity index (χ0v) is 19.9. The van der Waals surface area contributed by atoms with Gasteiger partial charge in [-0.3, -0.25) is 4.79 Å². The van der Waals surface area contributed by atoms with Gasteiger partial charge in [-0.25, -0.2) is 0 Å². The van der Waals surface area contributed by atoms with Gasteiger partial charge in [0.15, 0.2) is 0 Å². The molecule has 2 unspecified atom stereocenters. The SMILES string of the molecule is CN1C(=O)C(=C(O)C(Cc2ccc(Cl)cc2)Nc2ccc3ccccc3c2)C(O)c2ccccc21. The Morgan fingerprint density at radius 1 is 0.971 bits per heavy atom. The number of aliphatic hydroxyl groups is 2. The van der Waals surface area contributed by atoms with Crippen molar-refractivity contribution in [3.63, 3.8) is 0 Å². The molecule has 0 aliphatic carbocycles. The highest BCUT2D eigenvalue weighted by molar-refractivity contribution is 6.30. The maximum atomic E-state index is 13.3. The summed E-state index contributed by atoms with van der Waals surface area (Å²) in [7, 11) is 1.64. The fourth-order valence-corrected chi connectivity index (χ4v) is 4.70. The molecule has 4 aromatic carbocycles. The van der Waals surface area contributed by atoms with Gasteiger partial charge in [-0.1, -0.05) is 72.3 Å². The Balaban J connectivity index is 1.57. The maximum Gasteiger partial charge on any atom is 0.260 e. The first kappa shape index (κ1) is 23.0. The lowest BCUT2D eigenvalue weighted by Gasteiger charge is -2.33. The Kier molecular flexibility index (Phi) is 6.20. The molecule has 0 bridgehead atoms. The Hall–Kier alpha value is -3.80. The second-order valence-electron chi connectivity index (χ2n) is 8.71. The van der Waals surface area contributed by atoms with Gasteiger partial charge < -0.3 is 20.4 Å². The zero-order valence-electron chi connectivity index (χ0n) is 19.1. The van der Waals surface area contributed by atoms with Crippen LogP contribution in [0.4, 0.5) is 11.4 Å². The molecule has 3 N–H and O–H groups in total. The molecule has 1 aliphatic heterocycles. The van der Waals surface area contributed by atoms with Crippen LogP contribution in [-0.4, -0.2) is 29.2 Å². The summed E-state index contributed by atoms with van der Waals surface area (Å²) in [5.41, 5.74) is 2.89. The first-order valence-electron chi connectivity index (χ1n) is 11.4. The lowest BCUT2D eigenvalue weighted by molar-refractivity contribution is -0.116. The standard InChI is InChI=1S/C29H25ClN2O3/c1-32-25-9-5-4-8-23(25)27(33)26(29(32)35)28(34)24(16-18-10-13-21(30)14-11-18)31-22-15-12-19-6-2-3-7-20(19)17-22/h2-15,17,24,27,31,33-34H,16H2,1H3. The van der Waals surface area contributed by atoms with Crippen molar-refractivity contribution in [3.05, 3.63) is 118 Å². The van der Waals surface area contributed by atoms with Crippen LogP contribution < -0.4 is 10.2 Å². The van der Waals surface area contributed by atoms with Crippen molar-refractivity contribution in [2.24, 2.45) is 0 Å². The smallest absolute Gasteiger partial charge is 0.260 e. The molecule has 0 aromatic heterocycles. The van der Waals surface area contributed by atoms with E-state index in [1.807, 2.05) is 60.7 Å². The number of hydrogen-bond donors (Lipinski definition) is 3. The molecular weight excluding hydrogens is 460 g/mol. The highest BCUT2D eigenvalue weighted by atomic mass is 35.5. The number of aliphatic hydroxyl groups excluding tert-OH is 2. The van der Waals surface area contributed by atoms with E-state index in [9.17, 15) is 15.0 Å². The van der Waals surface area contributed by atoms with Crippen LogP contribution in [0.3, 0.4) is 0 Å². The number of fused-ring (bicyclic) bond motifs is 2. The highest BCUT2D eigenvalue weighted by Gasteiger charge is 2.37. The summed E-state index contributed by atoms with van der Waals surface area (Å²) < 4.78 is 0. The number of carbonyl (C=O) groups excluding carboxylic acids is 1. The number of rotatable bonds is 5. The molecule has 5 nitrogen and oxygen atoms in total. The van der Waals surface area contributed by atoms with Crippen molar-refractivity contribution < 1.29 is 15.0 Å². The average Bonchev–Trinajstić information content (AvgIpc) is 2.88. The molecule has 5 rings (SSSR count). The van der Waals surface area contributed by atoms with Gasteiger partial charge in [0.05, 0.1) is 11.6 Å². The largest absolute Gasteiger partial charge is 0.509 e. The monoisotopic (exact) mass is 484 g/mol. The summed E-state index contributed by atoms with van der Waals surface area (Å²) in [4.78, 5) is 14.7. The molecule has 6 heteroatoms. The number of para-hydroxylation sites is 1. The van der Waals surface area contributed by atoms with Crippen LogP contribution in [0.15, 0.2) is 102 Å². The summed E-state index contributed by atoms with van der Waals surface area (Å²) in [6.45, 7) is 0. The van der Waals surface area contributed by atoms with E-state index in [-0.39, 0.29) is 11.3 Å². The predicted molar refractivity (Wildman–Crippen MR) is 141 cm³/mol. The third-order valence-electron chi connectivity index (χ3n) is 6.45. The third kappa shape index (κ3) is 4.48. The Labute approximate surface area is 208 Å². The molecule has 1 aliphatic rings. The quantitative estimate of drug-likeness (QED) is 0.238. The molecule has 0 saturated heterocycles. The molecule has 0 spiro atoms. The van der Waals surface area contributed by atoms with E-state index in [0.717, 1.165) is 22.0 Å².